The Bertz CT molecular complexity index is 504. The molecule has 0 bridgehead atoms. The summed E-state index contributed by atoms with van der Waals surface area (Å²) in [6.45, 7) is 4.99. The fourth-order valence-corrected chi connectivity index (χ4v) is 2.31. The van der Waals surface area contributed by atoms with Gasteiger partial charge in [0.25, 0.3) is 0 Å². The van der Waals surface area contributed by atoms with Crippen LogP contribution in [-0.2, 0) is 0 Å². The summed E-state index contributed by atoms with van der Waals surface area (Å²) in [6.07, 6.45) is 1.04. The predicted octanol–water partition coefficient (Wildman–Crippen LogP) is 3.30. The van der Waals surface area contributed by atoms with Crippen molar-refractivity contribution in [3.8, 4) is 0 Å². The Balaban J connectivity index is 2.37. The SMILES string of the molecule is CC(C)CC(CN)c1nc2c(Cl)cccc2[nH]1. The van der Waals surface area contributed by atoms with E-state index < -0.39 is 0 Å². The minimum absolute atomic E-state index is 0.276. The number of H-pyrrole nitrogens is 1. The van der Waals surface area contributed by atoms with Crippen LogP contribution in [0.2, 0.25) is 5.02 Å². The van der Waals surface area contributed by atoms with Gasteiger partial charge in [-0.15, -0.1) is 0 Å². The van der Waals surface area contributed by atoms with E-state index in [9.17, 15) is 0 Å². The smallest absolute Gasteiger partial charge is 0.111 e. The zero-order valence-corrected chi connectivity index (χ0v) is 11.0. The number of aromatic nitrogens is 2. The quantitative estimate of drug-likeness (QED) is 0.876. The number of para-hydroxylation sites is 1. The first kappa shape index (κ1) is 12.4. The lowest BCUT2D eigenvalue weighted by Crippen LogP contribution is -2.15. The molecule has 4 heteroatoms. The van der Waals surface area contributed by atoms with Crippen molar-refractivity contribution in [1.29, 1.82) is 0 Å². The second kappa shape index (κ2) is 5.07. The van der Waals surface area contributed by atoms with Gasteiger partial charge in [-0.05, 0) is 24.5 Å². The van der Waals surface area contributed by atoms with Gasteiger partial charge in [-0.1, -0.05) is 31.5 Å². The van der Waals surface area contributed by atoms with Gasteiger partial charge in [0.05, 0.1) is 10.5 Å². The van der Waals surface area contributed by atoms with Gasteiger partial charge in [-0.25, -0.2) is 4.98 Å². The lowest BCUT2D eigenvalue weighted by atomic mass is 9.97. The molecule has 1 aromatic heterocycles. The molecular weight excluding hydrogens is 234 g/mol. The van der Waals surface area contributed by atoms with E-state index in [1.807, 2.05) is 18.2 Å². The first-order valence-corrected chi connectivity index (χ1v) is 6.33. The van der Waals surface area contributed by atoms with Gasteiger partial charge >= 0.3 is 0 Å². The van der Waals surface area contributed by atoms with E-state index >= 15 is 0 Å². The van der Waals surface area contributed by atoms with Crippen LogP contribution < -0.4 is 5.73 Å². The largest absolute Gasteiger partial charge is 0.342 e. The van der Waals surface area contributed by atoms with Crippen molar-refractivity contribution in [2.45, 2.75) is 26.2 Å². The maximum absolute atomic E-state index is 6.11. The maximum atomic E-state index is 6.11. The molecule has 17 heavy (non-hydrogen) atoms. The van der Waals surface area contributed by atoms with Gasteiger partial charge in [0.15, 0.2) is 0 Å². The number of aromatic amines is 1. The average Bonchev–Trinajstić information content (AvgIpc) is 2.70. The minimum Gasteiger partial charge on any atom is -0.342 e. The molecule has 0 radical (unpaired) electrons. The Hall–Kier alpha value is -1.06. The van der Waals surface area contributed by atoms with Gasteiger partial charge in [-0.2, -0.15) is 0 Å². The summed E-state index contributed by atoms with van der Waals surface area (Å²) in [5, 5.41) is 0.685. The van der Waals surface area contributed by atoms with Crippen molar-refractivity contribution in [2.24, 2.45) is 11.7 Å². The van der Waals surface area contributed by atoms with Crippen LogP contribution in [-0.4, -0.2) is 16.5 Å². The molecular formula is C13H18ClN3. The van der Waals surface area contributed by atoms with E-state index in [1.54, 1.807) is 0 Å². The number of nitrogens with one attached hydrogen (secondary N) is 1. The van der Waals surface area contributed by atoms with Crippen LogP contribution in [0.5, 0.6) is 0 Å². The first-order valence-electron chi connectivity index (χ1n) is 5.96. The monoisotopic (exact) mass is 251 g/mol. The van der Waals surface area contributed by atoms with E-state index in [1.165, 1.54) is 0 Å². The highest BCUT2D eigenvalue weighted by Gasteiger charge is 2.16. The standard InChI is InChI=1S/C13H18ClN3/c1-8(2)6-9(7-15)13-16-11-5-3-4-10(14)12(11)17-13/h3-5,8-9H,6-7,15H2,1-2H3,(H,16,17). The number of benzene rings is 1. The second-order valence-corrected chi connectivity index (χ2v) is 5.23. The van der Waals surface area contributed by atoms with Gasteiger partial charge < -0.3 is 10.7 Å². The molecule has 1 unspecified atom stereocenters. The highest BCUT2D eigenvalue weighted by molar-refractivity contribution is 6.34. The molecule has 0 saturated carbocycles. The van der Waals surface area contributed by atoms with Crippen molar-refractivity contribution < 1.29 is 0 Å². The topological polar surface area (TPSA) is 54.7 Å². The number of hydrogen-bond acceptors (Lipinski definition) is 2. The lowest BCUT2D eigenvalue weighted by Gasteiger charge is -2.14. The highest BCUT2D eigenvalue weighted by atomic mass is 35.5. The molecule has 0 amide bonds. The fraction of sp³-hybridized carbons (Fsp3) is 0.462. The van der Waals surface area contributed by atoms with Crippen molar-refractivity contribution in [1.82, 2.24) is 9.97 Å². The van der Waals surface area contributed by atoms with Crippen LogP contribution in [0.15, 0.2) is 18.2 Å². The molecule has 2 aromatic rings. The van der Waals surface area contributed by atoms with Crippen molar-refractivity contribution in [3.63, 3.8) is 0 Å². The molecule has 92 valence electrons. The van der Waals surface area contributed by atoms with E-state index in [2.05, 4.69) is 23.8 Å². The molecule has 0 aliphatic rings. The Labute approximate surface area is 106 Å². The van der Waals surface area contributed by atoms with E-state index in [0.29, 0.717) is 17.5 Å². The van der Waals surface area contributed by atoms with E-state index in [0.717, 1.165) is 23.3 Å². The molecule has 1 atom stereocenters. The molecule has 0 saturated heterocycles. The maximum Gasteiger partial charge on any atom is 0.111 e. The lowest BCUT2D eigenvalue weighted by molar-refractivity contribution is 0.491. The Morgan fingerprint density at radius 1 is 1.41 bits per heavy atom. The van der Waals surface area contributed by atoms with Crippen LogP contribution in [0.1, 0.15) is 32.0 Å². The fourth-order valence-electron chi connectivity index (χ4n) is 2.10. The van der Waals surface area contributed by atoms with Crippen LogP contribution in [0.3, 0.4) is 0 Å². The third-order valence-electron chi connectivity index (χ3n) is 2.91. The highest BCUT2D eigenvalue weighted by Crippen LogP contribution is 2.26. The van der Waals surface area contributed by atoms with Crippen LogP contribution >= 0.6 is 11.6 Å². The van der Waals surface area contributed by atoms with Crippen molar-refractivity contribution in [3.05, 3.63) is 29.0 Å². The van der Waals surface area contributed by atoms with Gasteiger partial charge in [0.2, 0.25) is 0 Å². The summed E-state index contributed by atoms with van der Waals surface area (Å²) in [5.41, 5.74) is 7.64. The third kappa shape index (κ3) is 2.61. The minimum atomic E-state index is 0.276. The Kier molecular flexibility index (Phi) is 3.69. The second-order valence-electron chi connectivity index (χ2n) is 4.82. The zero-order valence-electron chi connectivity index (χ0n) is 10.2. The molecule has 3 N–H and O–H groups in total. The Morgan fingerprint density at radius 2 is 2.18 bits per heavy atom. The molecule has 1 aromatic carbocycles. The number of fused-ring (bicyclic) bond motifs is 1. The van der Waals surface area contributed by atoms with E-state index in [-0.39, 0.29) is 5.92 Å². The number of nitrogens with two attached hydrogens (primary N) is 1. The Morgan fingerprint density at radius 3 is 2.76 bits per heavy atom. The predicted molar refractivity (Wildman–Crippen MR) is 72.4 cm³/mol. The number of hydrogen-bond donors (Lipinski definition) is 2. The summed E-state index contributed by atoms with van der Waals surface area (Å²) in [7, 11) is 0. The number of nitrogens with zero attached hydrogens (tertiary/aromatic N) is 1. The van der Waals surface area contributed by atoms with Crippen LogP contribution in [0.4, 0.5) is 0 Å². The summed E-state index contributed by atoms with van der Waals surface area (Å²) < 4.78 is 0. The normalized spacial score (nSPS) is 13.5. The van der Waals surface area contributed by atoms with Gasteiger partial charge in [-0.3, -0.25) is 0 Å². The number of imidazole rings is 1. The van der Waals surface area contributed by atoms with Gasteiger partial charge in [0.1, 0.15) is 11.3 Å². The molecule has 0 aliphatic carbocycles. The molecule has 0 fully saturated rings. The van der Waals surface area contributed by atoms with Gasteiger partial charge in [0, 0.05) is 12.5 Å². The summed E-state index contributed by atoms with van der Waals surface area (Å²) in [6, 6.07) is 5.77. The van der Waals surface area contributed by atoms with Crippen molar-refractivity contribution in [2.75, 3.05) is 6.54 Å². The van der Waals surface area contributed by atoms with Crippen molar-refractivity contribution >= 4 is 22.6 Å². The molecule has 2 rings (SSSR count). The zero-order chi connectivity index (χ0) is 12.4. The molecule has 0 aliphatic heterocycles. The number of rotatable bonds is 4. The van der Waals surface area contributed by atoms with E-state index in [4.69, 9.17) is 17.3 Å². The summed E-state index contributed by atoms with van der Waals surface area (Å²) in [5.74, 6) is 1.83. The molecule has 0 spiro atoms. The molecule has 3 nitrogen and oxygen atoms in total. The number of halogens is 1. The third-order valence-corrected chi connectivity index (χ3v) is 3.21. The first-order chi connectivity index (χ1) is 8.11. The average molecular weight is 252 g/mol. The molecule has 1 heterocycles. The summed E-state index contributed by atoms with van der Waals surface area (Å²) >= 11 is 6.11. The van der Waals surface area contributed by atoms with Crippen LogP contribution in [0.25, 0.3) is 11.0 Å². The summed E-state index contributed by atoms with van der Waals surface area (Å²) in [4.78, 5) is 7.89. The van der Waals surface area contributed by atoms with Crippen LogP contribution in [0, 0.1) is 5.92 Å².